The normalized spacial score (nSPS) is 16.1. The van der Waals surface area contributed by atoms with Gasteiger partial charge < -0.3 is 33.3 Å². The van der Waals surface area contributed by atoms with E-state index in [0.29, 0.717) is 18.4 Å². The van der Waals surface area contributed by atoms with E-state index in [1.165, 1.54) is 4.90 Å². The van der Waals surface area contributed by atoms with Crippen molar-refractivity contribution in [1.29, 1.82) is 0 Å². The van der Waals surface area contributed by atoms with Crippen LogP contribution in [0.1, 0.15) is 11.1 Å². The van der Waals surface area contributed by atoms with Gasteiger partial charge in [-0.2, -0.15) is 0 Å². The van der Waals surface area contributed by atoms with Gasteiger partial charge in [-0.1, -0.05) is 48.2 Å². The second kappa shape index (κ2) is 15.6. The van der Waals surface area contributed by atoms with Crippen LogP contribution in [0.2, 0.25) is 0 Å². The molecule has 0 aliphatic carbocycles. The van der Waals surface area contributed by atoms with Crippen LogP contribution in [0.3, 0.4) is 0 Å². The molecule has 2 N–H and O–H groups in total. The third-order valence-electron chi connectivity index (χ3n) is 8.09. The largest absolute Gasteiger partial charge is 0.589 e. The van der Waals surface area contributed by atoms with Crippen LogP contribution in [0.5, 0.6) is 5.75 Å². The molecule has 1 fully saturated rings. The van der Waals surface area contributed by atoms with Crippen molar-refractivity contribution in [2.24, 2.45) is 4.99 Å². The first-order valence-corrected chi connectivity index (χ1v) is 18.2. The van der Waals surface area contributed by atoms with Gasteiger partial charge in [0, 0.05) is 71.7 Å². The number of benzene rings is 3. The lowest BCUT2D eigenvalue weighted by Crippen LogP contribution is -2.49. The van der Waals surface area contributed by atoms with Crippen LogP contribution in [-0.2, 0) is 25.0 Å². The minimum absolute atomic E-state index is 0.119. The van der Waals surface area contributed by atoms with Gasteiger partial charge in [0.25, 0.3) is 0 Å². The predicted octanol–water partition coefficient (Wildman–Crippen LogP) is 5.78. The molecule has 1 atom stereocenters. The Labute approximate surface area is 284 Å². The number of H-pyrrole nitrogens is 1. The number of fused-ring (bicyclic) bond motifs is 3. The number of hydrogen-bond donors (Lipinski definition) is 2. The molecule has 0 radical (unpaired) electrons. The van der Waals surface area contributed by atoms with Gasteiger partial charge >= 0.3 is 14.0 Å². The lowest BCUT2D eigenvalue weighted by atomic mass is 10.1. The molecule has 1 unspecified atom stereocenters. The summed E-state index contributed by atoms with van der Waals surface area (Å²) in [7, 11) is -0.868. The van der Waals surface area contributed by atoms with E-state index in [-0.39, 0.29) is 19.0 Å². The third-order valence-corrected chi connectivity index (χ3v) is 10.0. The Morgan fingerprint density at radius 2 is 1.75 bits per heavy atom. The molecule has 14 heteroatoms. The van der Waals surface area contributed by atoms with Crippen LogP contribution in [0.4, 0.5) is 10.5 Å². The van der Waals surface area contributed by atoms with E-state index in [1.807, 2.05) is 43.4 Å². The molecular weight excluding hydrogens is 653 g/mol. The summed E-state index contributed by atoms with van der Waals surface area (Å²) in [5.74, 6) is 1.15. The number of carbonyl (C=O) groups is 1. The Kier molecular flexibility index (Phi) is 11.1. The zero-order chi connectivity index (χ0) is 33.5. The molecule has 3 heterocycles. The number of aliphatic imine (C=N–C) groups is 1. The minimum atomic E-state index is -4.80. The molecule has 2 aliphatic heterocycles. The van der Waals surface area contributed by atoms with Crippen molar-refractivity contribution in [3.8, 4) is 5.75 Å². The molecule has 1 saturated heterocycles. The summed E-state index contributed by atoms with van der Waals surface area (Å²) in [5.41, 5.74) is 3.80. The number of nitrogens with zero attached hydrogens (tertiary/aromatic N) is 4. The molecule has 1 aromatic heterocycles. The number of phosphoric ester groups is 1. The summed E-state index contributed by atoms with van der Waals surface area (Å²) in [6.07, 6.45) is 1.23. The monoisotopic (exact) mass is 693 g/mol. The van der Waals surface area contributed by atoms with Gasteiger partial charge in [-0.3, -0.25) is 9.79 Å². The Balaban J connectivity index is 0.913. The minimum Gasteiger partial charge on any atom is -0.432 e. The van der Waals surface area contributed by atoms with Gasteiger partial charge in [-0.15, -0.1) is 0 Å². The van der Waals surface area contributed by atoms with Crippen LogP contribution >= 0.6 is 19.6 Å². The molecule has 0 bridgehead atoms. The van der Waals surface area contributed by atoms with Crippen LogP contribution in [0, 0.1) is 0 Å². The van der Waals surface area contributed by atoms with Gasteiger partial charge in [0.1, 0.15) is 18.2 Å². The standard InChI is InChI=1S/C34H40N5O7PS/c1-37(2)15-14-25-24-35-28-10-7-11-29(32(25)28)45-47(41,42)46-34(40)44-23-22-43-21-20-38-16-18-39(19-17-38)33-26-8-3-5-12-30(26)48-31-13-6-4-9-27(31)36-33/h3-13,24,35H,14-23H2,1-2H3,(H,41,42). The van der Waals surface area contributed by atoms with E-state index >= 15 is 0 Å². The fourth-order valence-electron chi connectivity index (χ4n) is 5.67. The third kappa shape index (κ3) is 8.59. The Morgan fingerprint density at radius 1 is 0.979 bits per heavy atom. The predicted molar refractivity (Wildman–Crippen MR) is 185 cm³/mol. The first-order valence-electron chi connectivity index (χ1n) is 15.9. The average molecular weight is 694 g/mol. The first kappa shape index (κ1) is 34.0. The molecule has 48 heavy (non-hydrogen) atoms. The van der Waals surface area contributed by atoms with Crippen LogP contribution < -0.4 is 4.52 Å². The highest BCUT2D eigenvalue weighted by atomic mass is 32.2. The summed E-state index contributed by atoms with van der Waals surface area (Å²) in [6.45, 7) is 5.35. The van der Waals surface area contributed by atoms with E-state index in [4.69, 9.17) is 19.0 Å². The van der Waals surface area contributed by atoms with E-state index in [1.54, 1.807) is 23.9 Å². The summed E-state index contributed by atoms with van der Waals surface area (Å²) >= 11 is 1.75. The average Bonchev–Trinajstić information content (AvgIpc) is 3.41. The van der Waals surface area contributed by atoms with E-state index in [2.05, 4.69) is 55.7 Å². The zero-order valence-corrected chi connectivity index (χ0v) is 28.8. The number of piperazine rings is 1. The number of ether oxygens (including phenoxy) is 2. The number of aromatic nitrogens is 1. The molecule has 0 amide bonds. The number of amidine groups is 1. The highest BCUT2D eigenvalue weighted by Gasteiger charge is 2.31. The van der Waals surface area contributed by atoms with Crippen molar-refractivity contribution in [2.75, 3.05) is 73.2 Å². The Bertz CT molecular complexity index is 1810. The van der Waals surface area contributed by atoms with E-state index < -0.39 is 14.0 Å². The van der Waals surface area contributed by atoms with E-state index in [0.717, 1.165) is 72.3 Å². The number of phosphoric acid groups is 1. The quantitative estimate of drug-likeness (QED) is 0.106. The number of likely N-dealkylation sites (N-methyl/N-ethyl adjacent to an activating group) is 1. The van der Waals surface area contributed by atoms with Crippen molar-refractivity contribution in [1.82, 2.24) is 19.7 Å². The zero-order valence-electron chi connectivity index (χ0n) is 27.0. The maximum Gasteiger partial charge on any atom is 0.589 e. The highest BCUT2D eigenvalue weighted by Crippen LogP contribution is 2.47. The lowest BCUT2D eigenvalue weighted by Gasteiger charge is -2.36. The second-order valence-corrected chi connectivity index (χ2v) is 14.1. The van der Waals surface area contributed by atoms with Crippen molar-refractivity contribution in [3.05, 3.63) is 84.1 Å². The van der Waals surface area contributed by atoms with Crippen molar-refractivity contribution in [2.45, 2.75) is 16.2 Å². The lowest BCUT2D eigenvalue weighted by molar-refractivity contribution is 0.0371. The van der Waals surface area contributed by atoms with Crippen molar-refractivity contribution >= 4 is 48.2 Å². The van der Waals surface area contributed by atoms with Crippen LogP contribution in [0.15, 0.2) is 87.7 Å². The molecule has 2 aliphatic rings. The number of carbonyl (C=O) groups excluding carboxylic acids is 1. The van der Waals surface area contributed by atoms with Crippen LogP contribution in [0.25, 0.3) is 10.9 Å². The number of nitrogens with one attached hydrogen (secondary N) is 1. The Morgan fingerprint density at radius 3 is 2.56 bits per heavy atom. The highest BCUT2D eigenvalue weighted by molar-refractivity contribution is 7.99. The van der Waals surface area contributed by atoms with Gasteiger partial charge in [-0.25, -0.2) is 14.4 Å². The van der Waals surface area contributed by atoms with Gasteiger partial charge in [0.05, 0.1) is 18.9 Å². The summed E-state index contributed by atoms with van der Waals surface area (Å²) in [4.78, 5) is 39.8. The maximum absolute atomic E-state index is 12.6. The van der Waals surface area contributed by atoms with Gasteiger partial charge in [-0.05, 0) is 56.4 Å². The van der Waals surface area contributed by atoms with Gasteiger partial charge in [0.2, 0.25) is 0 Å². The van der Waals surface area contributed by atoms with Crippen LogP contribution in [-0.4, -0.2) is 110 Å². The fourth-order valence-corrected chi connectivity index (χ4v) is 7.37. The molecule has 4 aromatic rings. The number of rotatable bonds is 12. The molecule has 254 valence electrons. The fraction of sp³-hybridized carbons (Fsp3) is 0.353. The summed E-state index contributed by atoms with van der Waals surface area (Å²) in [6, 6.07) is 21.8. The first-order chi connectivity index (χ1) is 23.3. The molecule has 0 saturated carbocycles. The van der Waals surface area contributed by atoms with Crippen molar-refractivity contribution in [3.63, 3.8) is 0 Å². The Hall–Kier alpha value is -3.84. The number of para-hydroxylation sites is 1. The maximum atomic E-state index is 12.6. The molecule has 0 spiro atoms. The number of hydrogen-bond acceptors (Lipinski definition) is 11. The molecule has 12 nitrogen and oxygen atoms in total. The molecule has 3 aromatic carbocycles. The molecule has 6 rings (SSSR count). The van der Waals surface area contributed by atoms with Gasteiger partial charge in [0.15, 0.2) is 0 Å². The smallest absolute Gasteiger partial charge is 0.432 e. The number of aromatic amines is 1. The van der Waals surface area contributed by atoms with E-state index in [9.17, 15) is 14.3 Å². The summed E-state index contributed by atoms with van der Waals surface area (Å²) < 4.78 is 33.2. The van der Waals surface area contributed by atoms with Crippen molar-refractivity contribution < 1.29 is 32.8 Å². The SMILES string of the molecule is CN(C)CCc1c[nH]c2cccc(OP(=O)(O)OC(=O)OCCOCCN3CCN(C4=Nc5ccccc5Sc5ccccc54)CC3)c12. The molecular formula is C34H40N5O7PS. The summed E-state index contributed by atoms with van der Waals surface area (Å²) in [5, 5.41) is 0.661. The topological polar surface area (TPSA) is 129 Å². The second-order valence-electron chi connectivity index (χ2n) is 11.7.